The van der Waals surface area contributed by atoms with Crippen LogP contribution in [0.4, 0.5) is 0 Å². The summed E-state index contributed by atoms with van der Waals surface area (Å²) in [6, 6.07) is 3.97. The number of imidazole rings is 1. The van der Waals surface area contributed by atoms with E-state index >= 15 is 0 Å². The lowest BCUT2D eigenvalue weighted by Crippen LogP contribution is -2.01. The first-order valence-corrected chi connectivity index (χ1v) is 4.42. The lowest BCUT2D eigenvalue weighted by atomic mass is 10.4. The summed E-state index contributed by atoms with van der Waals surface area (Å²) in [6.07, 6.45) is 3.77. The third kappa shape index (κ3) is 1.13. The predicted molar refractivity (Wildman–Crippen MR) is 50.8 cm³/mol. The van der Waals surface area contributed by atoms with Gasteiger partial charge in [-0.05, 0) is 12.1 Å². The van der Waals surface area contributed by atoms with Crippen molar-refractivity contribution < 1.29 is 0 Å². The van der Waals surface area contributed by atoms with Crippen LogP contribution in [-0.4, -0.2) is 9.38 Å². The maximum Gasteiger partial charge on any atom is 0.127 e. The third-order valence-electron chi connectivity index (χ3n) is 1.75. The monoisotopic (exact) mass is 225 g/mol. The van der Waals surface area contributed by atoms with Crippen molar-refractivity contribution in [2.75, 3.05) is 0 Å². The largest absolute Gasteiger partial charge is 0.324 e. The second-order valence-electron chi connectivity index (χ2n) is 2.52. The Hall–Kier alpha value is -0.870. The summed E-state index contributed by atoms with van der Waals surface area (Å²) in [6.45, 7) is 0.468. The Bertz CT molecular complexity index is 408. The van der Waals surface area contributed by atoms with E-state index in [0.29, 0.717) is 6.54 Å². The van der Waals surface area contributed by atoms with Crippen LogP contribution < -0.4 is 5.73 Å². The van der Waals surface area contributed by atoms with Gasteiger partial charge in [-0.15, -0.1) is 0 Å². The van der Waals surface area contributed by atoms with E-state index < -0.39 is 0 Å². The Labute approximate surface area is 78.3 Å². The number of fused-ring (bicyclic) bond motifs is 1. The molecule has 0 unspecified atom stereocenters. The maximum absolute atomic E-state index is 5.50. The predicted octanol–water partition coefficient (Wildman–Crippen LogP) is 1.56. The van der Waals surface area contributed by atoms with Crippen molar-refractivity contribution in [3.63, 3.8) is 0 Å². The minimum absolute atomic E-state index is 0.468. The van der Waals surface area contributed by atoms with E-state index in [1.165, 1.54) is 0 Å². The molecule has 2 aromatic heterocycles. The zero-order valence-corrected chi connectivity index (χ0v) is 7.95. The molecule has 0 fully saturated rings. The van der Waals surface area contributed by atoms with Crippen LogP contribution in [-0.2, 0) is 6.54 Å². The summed E-state index contributed by atoms with van der Waals surface area (Å²) in [4.78, 5) is 4.17. The molecule has 2 heterocycles. The molecule has 0 amide bonds. The molecule has 12 heavy (non-hydrogen) atoms. The summed E-state index contributed by atoms with van der Waals surface area (Å²) in [7, 11) is 0. The van der Waals surface area contributed by atoms with Gasteiger partial charge in [0.05, 0.1) is 18.3 Å². The van der Waals surface area contributed by atoms with Crippen molar-refractivity contribution >= 4 is 21.4 Å². The molecule has 3 nitrogen and oxygen atoms in total. The van der Waals surface area contributed by atoms with Gasteiger partial charge in [0.15, 0.2) is 0 Å². The lowest BCUT2D eigenvalue weighted by Gasteiger charge is -1.97. The molecular weight excluding hydrogens is 218 g/mol. The van der Waals surface area contributed by atoms with E-state index in [4.69, 9.17) is 5.73 Å². The van der Waals surface area contributed by atoms with E-state index in [9.17, 15) is 0 Å². The normalized spacial score (nSPS) is 10.8. The van der Waals surface area contributed by atoms with Crippen LogP contribution in [0.3, 0.4) is 0 Å². The van der Waals surface area contributed by atoms with Gasteiger partial charge < -0.3 is 10.1 Å². The van der Waals surface area contributed by atoms with Crippen molar-refractivity contribution in [3.05, 3.63) is 34.8 Å². The highest BCUT2D eigenvalue weighted by atomic mass is 79.9. The number of hydrogen-bond acceptors (Lipinski definition) is 2. The molecular formula is C8H8BrN3. The van der Waals surface area contributed by atoms with Crippen molar-refractivity contribution in [1.82, 2.24) is 9.38 Å². The number of aromatic nitrogens is 2. The smallest absolute Gasteiger partial charge is 0.127 e. The number of rotatable bonds is 1. The second-order valence-corrected chi connectivity index (χ2v) is 3.43. The van der Waals surface area contributed by atoms with E-state index in [0.717, 1.165) is 15.8 Å². The zero-order valence-electron chi connectivity index (χ0n) is 6.37. The fourth-order valence-electron chi connectivity index (χ4n) is 1.18. The Balaban J connectivity index is 2.73. The molecule has 2 rings (SSSR count). The van der Waals surface area contributed by atoms with Gasteiger partial charge in [0, 0.05) is 10.7 Å². The SMILES string of the molecule is NCc1ncc2cc(Br)ccn12. The Kier molecular flexibility index (Phi) is 1.86. The maximum atomic E-state index is 5.50. The molecule has 2 N–H and O–H groups in total. The van der Waals surface area contributed by atoms with Crippen LogP contribution >= 0.6 is 15.9 Å². The summed E-state index contributed by atoms with van der Waals surface area (Å²) in [5.41, 5.74) is 6.56. The van der Waals surface area contributed by atoms with Crippen molar-refractivity contribution in [1.29, 1.82) is 0 Å². The van der Waals surface area contributed by atoms with Gasteiger partial charge in [0.1, 0.15) is 5.82 Å². The number of nitrogens with two attached hydrogens (primary N) is 1. The first kappa shape index (κ1) is 7.76. The molecule has 0 saturated heterocycles. The lowest BCUT2D eigenvalue weighted by molar-refractivity contribution is 0.903. The highest BCUT2D eigenvalue weighted by Crippen LogP contribution is 2.13. The molecule has 62 valence electrons. The molecule has 0 aromatic carbocycles. The Morgan fingerprint density at radius 1 is 1.58 bits per heavy atom. The Morgan fingerprint density at radius 3 is 3.17 bits per heavy atom. The molecule has 0 aliphatic heterocycles. The average Bonchev–Trinajstić information content (AvgIpc) is 2.46. The highest BCUT2D eigenvalue weighted by Gasteiger charge is 2.00. The number of halogens is 1. The molecule has 0 atom stereocenters. The van der Waals surface area contributed by atoms with E-state index in [1.54, 1.807) is 0 Å². The molecule has 0 aliphatic rings. The van der Waals surface area contributed by atoms with Crippen LogP contribution in [0.25, 0.3) is 5.52 Å². The van der Waals surface area contributed by atoms with Crippen LogP contribution in [0, 0.1) is 0 Å². The number of pyridine rings is 1. The topological polar surface area (TPSA) is 43.3 Å². The standard InChI is InChI=1S/C8H8BrN3/c9-6-1-2-12-7(3-6)5-11-8(12)4-10/h1-3,5H,4,10H2. The van der Waals surface area contributed by atoms with Gasteiger partial charge in [0.25, 0.3) is 0 Å². The van der Waals surface area contributed by atoms with Crippen molar-refractivity contribution in [2.45, 2.75) is 6.54 Å². The Morgan fingerprint density at radius 2 is 2.42 bits per heavy atom. The van der Waals surface area contributed by atoms with E-state index in [-0.39, 0.29) is 0 Å². The highest BCUT2D eigenvalue weighted by molar-refractivity contribution is 9.10. The fraction of sp³-hybridized carbons (Fsp3) is 0.125. The van der Waals surface area contributed by atoms with Crippen LogP contribution in [0.15, 0.2) is 29.0 Å². The fourth-order valence-corrected chi connectivity index (χ4v) is 1.53. The van der Waals surface area contributed by atoms with Gasteiger partial charge in [-0.1, -0.05) is 15.9 Å². The van der Waals surface area contributed by atoms with Crippen molar-refractivity contribution in [2.24, 2.45) is 5.73 Å². The number of nitrogens with zero attached hydrogens (tertiary/aromatic N) is 2. The third-order valence-corrected chi connectivity index (χ3v) is 2.25. The van der Waals surface area contributed by atoms with Gasteiger partial charge >= 0.3 is 0 Å². The molecule has 2 aromatic rings. The quantitative estimate of drug-likeness (QED) is 0.801. The summed E-state index contributed by atoms with van der Waals surface area (Å²) in [5, 5.41) is 0. The van der Waals surface area contributed by atoms with Crippen LogP contribution in [0.1, 0.15) is 5.82 Å². The molecule has 0 bridgehead atoms. The molecule has 0 spiro atoms. The van der Waals surface area contributed by atoms with Crippen LogP contribution in [0.2, 0.25) is 0 Å². The zero-order chi connectivity index (χ0) is 8.55. The summed E-state index contributed by atoms with van der Waals surface area (Å²) >= 11 is 3.39. The summed E-state index contributed by atoms with van der Waals surface area (Å²) < 4.78 is 3.03. The first-order valence-electron chi connectivity index (χ1n) is 3.63. The molecule has 4 heteroatoms. The first-order chi connectivity index (χ1) is 5.81. The minimum atomic E-state index is 0.468. The van der Waals surface area contributed by atoms with Crippen LogP contribution in [0.5, 0.6) is 0 Å². The van der Waals surface area contributed by atoms with E-state index in [1.807, 2.05) is 28.9 Å². The average molecular weight is 226 g/mol. The summed E-state index contributed by atoms with van der Waals surface area (Å²) in [5.74, 6) is 0.887. The molecule has 0 aliphatic carbocycles. The van der Waals surface area contributed by atoms with E-state index in [2.05, 4.69) is 20.9 Å². The van der Waals surface area contributed by atoms with Gasteiger partial charge in [-0.3, -0.25) is 0 Å². The minimum Gasteiger partial charge on any atom is -0.324 e. The van der Waals surface area contributed by atoms with Crippen molar-refractivity contribution in [3.8, 4) is 0 Å². The molecule has 0 radical (unpaired) electrons. The van der Waals surface area contributed by atoms with Gasteiger partial charge in [-0.2, -0.15) is 0 Å². The second kappa shape index (κ2) is 2.88. The molecule has 0 saturated carbocycles. The van der Waals surface area contributed by atoms with Gasteiger partial charge in [0.2, 0.25) is 0 Å². The number of hydrogen-bond donors (Lipinski definition) is 1. The van der Waals surface area contributed by atoms with Gasteiger partial charge in [-0.25, -0.2) is 4.98 Å².